The van der Waals surface area contributed by atoms with Crippen LogP contribution in [-0.4, -0.2) is 0 Å². The molecule has 0 atom stereocenters. The topological polar surface area (TPSA) is 3.24 Å². The van der Waals surface area contributed by atoms with Crippen LogP contribution in [0.2, 0.25) is 0 Å². The van der Waals surface area contributed by atoms with Crippen molar-refractivity contribution in [2.24, 2.45) is 0 Å². The zero-order valence-electron chi connectivity index (χ0n) is 25.1. The quantitative estimate of drug-likeness (QED) is 0.177. The van der Waals surface area contributed by atoms with Crippen molar-refractivity contribution in [2.45, 2.75) is 0 Å². The smallest absolute Gasteiger partial charge is 0.0468 e. The molecule has 0 aliphatic heterocycles. The van der Waals surface area contributed by atoms with Gasteiger partial charge in [-0.05, 0) is 98.4 Å². The number of hydrogen-bond acceptors (Lipinski definition) is 2. The molecule has 0 saturated carbocycles. The number of hydrogen-bond donors (Lipinski definition) is 0. The standard InChI is InChI=1S/C44H29NS/c1-3-12-30(13-4-1)37-18-7-8-19-38(37)32-14-11-17-35(26-32)45(34-15-5-2-6-16-34)36-25-24-31-22-23-33-27-44-42(29-41(33)40(31)28-36)39-20-9-10-21-43(39)46-44/h1-29H. The first-order valence-electron chi connectivity index (χ1n) is 15.7. The van der Waals surface area contributed by atoms with Crippen LogP contribution in [0.4, 0.5) is 17.1 Å². The van der Waals surface area contributed by atoms with E-state index in [1.165, 1.54) is 64.0 Å². The fourth-order valence-corrected chi connectivity index (χ4v) is 7.98. The molecule has 0 bridgehead atoms. The number of anilines is 3. The average Bonchev–Trinajstić information content (AvgIpc) is 3.49. The molecule has 9 rings (SSSR count). The minimum absolute atomic E-state index is 1.12. The van der Waals surface area contributed by atoms with Gasteiger partial charge in [0.05, 0.1) is 0 Å². The normalized spacial score (nSPS) is 11.5. The van der Waals surface area contributed by atoms with Gasteiger partial charge in [-0.25, -0.2) is 0 Å². The molecule has 0 saturated heterocycles. The molecular formula is C44H29NS. The van der Waals surface area contributed by atoms with E-state index in [2.05, 4.69) is 181 Å². The molecule has 1 heterocycles. The molecule has 0 N–H and O–H groups in total. The van der Waals surface area contributed by atoms with E-state index in [0.717, 1.165) is 17.1 Å². The summed E-state index contributed by atoms with van der Waals surface area (Å²) in [5, 5.41) is 7.72. The average molecular weight is 604 g/mol. The van der Waals surface area contributed by atoms with Crippen LogP contribution in [0.1, 0.15) is 0 Å². The van der Waals surface area contributed by atoms with E-state index in [4.69, 9.17) is 0 Å². The predicted octanol–water partition coefficient (Wildman–Crippen LogP) is 13.2. The molecular weight excluding hydrogens is 575 g/mol. The number of para-hydroxylation sites is 1. The first-order chi connectivity index (χ1) is 22.8. The summed E-state index contributed by atoms with van der Waals surface area (Å²) in [4.78, 5) is 2.38. The highest BCUT2D eigenvalue weighted by Gasteiger charge is 2.16. The van der Waals surface area contributed by atoms with E-state index in [9.17, 15) is 0 Å². The highest BCUT2D eigenvalue weighted by molar-refractivity contribution is 7.25. The summed E-state index contributed by atoms with van der Waals surface area (Å²) in [6, 6.07) is 63.9. The van der Waals surface area contributed by atoms with Gasteiger partial charge in [-0.15, -0.1) is 11.3 Å². The third kappa shape index (κ3) is 4.54. The molecule has 0 aliphatic rings. The number of thiophene rings is 1. The van der Waals surface area contributed by atoms with Crippen LogP contribution in [0.3, 0.4) is 0 Å². The monoisotopic (exact) mass is 603 g/mol. The molecule has 9 aromatic rings. The summed E-state index contributed by atoms with van der Waals surface area (Å²) in [5.74, 6) is 0. The number of nitrogens with zero attached hydrogens (tertiary/aromatic N) is 1. The fourth-order valence-electron chi connectivity index (χ4n) is 6.84. The maximum atomic E-state index is 2.41. The summed E-state index contributed by atoms with van der Waals surface area (Å²) in [6.45, 7) is 0. The lowest BCUT2D eigenvalue weighted by atomic mass is 9.94. The van der Waals surface area contributed by atoms with Gasteiger partial charge in [-0.1, -0.05) is 121 Å². The Hall–Kier alpha value is -5.70. The van der Waals surface area contributed by atoms with Crippen molar-refractivity contribution in [1.29, 1.82) is 0 Å². The maximum Gasteiger partial charge on any atom is 0.0468 e. The highest BCUT2D eigenvalue weighted by atomic mass is 32.1. The van der Waals surface area contributed by atoms with Crippen molar-refractivity contribution in [2.75, 3.05) is 4.90 Å². The third-order valence-electron chi connectivity index (χ3n) is 9.02. The van der Waals surface area contributed by atoms with Gasteiger partial charge in [0.1, 0.15) is 0 Å². The zero-order valence-corrected chi connectivity index (χ0v) is 25.9. The number of benzene rings is 8. The van der Waals surface area contributed by atoms with Gasteiger partial charge in [-0.3, -0.25) is 0 Å². The van der Waals surface area contributed by atoms with Crippen molar-refractivity contribution in [3.63, 3.8) is 0 Å². The van der Waals surface area contributed by atoms with Crippen molar-refractivity contribution >= 4 is 70.1 Å². The van der Waals surface area contributed by atoms with E-state index in [1.54, 1.807) is 0 Å². The molecule has 0 amide bonds. The third-order valence-corrected chi connectivity index (χ3v) is 10.2. The van der Waals surface area contributed by atoms with E-state index < -0.39 is 0 Å². The van der Waals surface area contributed by atoms with Crippen LogP contribution in [0.25, 0.3) is 64.0 Å². The molecule has 1 nitrogen and oxygen atoms in total. The second kappa shape index (κ2) is 11.0. The molecule has 0 spiro atoms. The molecule has 0 unspecified atom stereocenters. The van der Waals surface area contributed by atoms with E-state index in [-0.39, 0.29) is 0 Å². The van der Waals surface area contributed by atoms with Crippen LogP contribution < -0.4 is 4.90 Å². The van der Waals surface area contributed by atoms with Crippen molar-refractivity contribution < 1.29 is 0 Å². The van der Waals surface area contributed by atoms with E-state index >= 15 is 0 Å². The van der Waals surface area contributed by atoms with Crippen LogP contribution in [0.5, 0.6) is 0 Å². The summed E-state index contributed by atoms with van der Waals surface area (Å²) in [7, 11) is 0. The molecule has 0 aliphatic carbocycles. The Morgan fingerprint density at radius 1 is 0.326 bits per heavy atom. The van der Waals surface area contributed by atoms with Crippen molar-refractivity contribution in [3.05, 3.63) is 176 Å². The Morgan fingerprint density at radius 2 is 0.935 bits per heavy atom. The van der Waals surface area contributed by atoms with Gasteiger partial charge in [0.25, 0.3) is 0 Å². The molecule has 216 valence electrons. The Bertz CT molecular complexity index is 2530. The largest absolute Gasteiger partial charge is 0.310 e. The second-order valence-corrected chi connectivity index (χ2v) is 12.9. The molecule has 2 heteroatoms. The Morgan fingerprint density at radius 3 is 1.78 bits per heavy atom. The molecule has 0 radical (unpaired) electrons. The first kappa shape index (κ1) is 26.7. The van der Waals surface area contributed by atoms with Crippen LogP contribution in [0.15, 0.2) is 176 Å². The maximum absolute atomic E-state index is 2.41. The minimum atomic E-state index is 1.12. The Labute approximate surface area is 272 Å². The van der Waals surface area contributed by atoms with Crippen LogP contribution >= 0.6 is 11.3 Å². The molecule has 0 fully saturated rings. The molecule has 46 heavy (non-hydrogen) atoms. The first-order valence-corrected chi connectivity index (χ1v) is 16.5. The minimum Gasteiger partial charge on any atom is -0.310 e. The summed E-state index contributed by atoms with van der Waals surface area (Å²) < 4.78 is 2.67. The SMILES string of the molecule is c1ccc(-c2ccccc2-c2cccc(N(c3ccccc3)c3ccc4ccc5cc6sc7ccccc7c6cc5c4c3)c2)cc1. The number of rotatable bonds is 5. The molecule has 8 aromatic carbocycles. The van der Waals surface area contributed by atoms with Gasteiger partial charge < -0.3 is 4.90 Å². The molecule has 1 aromatic heterocycles. The van der Waals surface area contributed by atoms with Gasteiger partial charge in [-0.2, -0.15) is 0 Å². The van der Waals surface area contributed by atoms with Gasteiger partial charge in [0.2, 0.25) is 0 Å². The number of fused-ring (bicyclic) bond motifs is 6. The van der Waals surface area contributed by atoms with Crippen molar-refractivity contribution in [1.82, 2.24) is 0 Å². The summed E-state index contributed by atoms with van der Waals surface area (Å²) in [5.41, 5.74) is 8.25. The van der Waals surface area contributed by atoms with E-state index in [1.807, 2.05) is 11.3 Å². The lowest BCUT2D eigenvalue weighted by molar-refractivity contribution is 1.29. The summed E-state index contributed by atoms with van der Waals surface area (Å²) in [6.07, 6.45) is 0. The van der Waals surface area contributed by atoms with Crippen molar-refractivity contribution in [3.8, 4) is 22.3 Å². The van der Waals surface area contributed by atoms with Crippen LogP contribution in [0, 0.1) is 0 Å². The van der Waals surface area contributed by atoms with Gasteiger partial charge in [0, 0.05) is 37.2 Å². The van der Waals surface area contributed by atoms with Gasteiger partial charge in [0.15, 0.2) is 0 Å². The highest BCUT2D eigenvalue weighted by Crippen LogP contribution is 2.42. The zero-order chi connectivity index (χ0) is 30.5. The van der Waals surface area contributed by atoms with E-state index in [0.29, 0.717) is 0 Å². The Kier molecular flexibility index (Phi) is 6.40. The fraction of sp³-hybridized carbons (Fsp3) is 0. The summed E-state index contributed by atoms with van der Waals surface area (Å²) >= 11 is 1.88. The second-order valence-electron chi connectivity index (χ2n) is 11.8. The predicted molar refractivity (Wildman–Crippen MR) is 200 cm³/mol. The Balaban J connectivity index is 1.23. The lowest BCUT2D eigenvalue weighted by Crippen LogP contribution is -2.10. The lowest BCUT2D eigenvalue weighted by Gasteiger charge is -2.26. The van der Waals surface area contributed by atoms with Crippen LogP contribution in [-0.2, 0) is 0 Å². The van der Waals surface area contributed by atoms with Gasteiger partial charge >= 0.3 is 0 Å².